The van der Waals surface area contributed by atoms with Crippen LogP contribution >= 0.6 is 0 Å². The lowest BCUT2D eigenvalue weighted by Gasteiger charge is -2.32. The van der Waals surface area contributed by atoms with Gasteiger partial charge < -0.3 is 19.8 Å². The summed E-state index contributed by atoms with van der Waals surface area (Å²) in [6.45, 7) is 15.2. The zero-order chi connectivity index (χ0) is 20.7. The molecule has 1 unspecified atom stereocenters. The van der Waals surface area contributed by atoms with Gasteiger partial charge in [-0.1, -0.05) is 20.8 Å². The molecule has 1 aliphatic heterocycles. The highest BCUT2D eigenvalue weighted by Gasteiger charge is 2.25. The predicted octanol–water partition coefficient (Wildman–Crippen LogP) is 2.73. The molecule has 2 rings (SSSR count). The first-order valence-corrected chi connectivity index (χ1v) is 10.4. The van der Waals surface area contributed by atoms with E-state index in [4.69, 9.17) is 9.15 Å². The smallest absolute Gasteiger partial charge is 0.208 e. The highest BCUT2D eigenvalue weighted by Crippen LogP contribution is 2.21. The summed E-state index contributed by atoms with van der Waals surface area (Å²) < 4.78 is 11.3. The third kappa shape index (κ3) is 6.78. The van der Waals surface area contributed by atoms with E-state index < -0.39 is 0 Å². The van der Waals surface area contributed by atoms with Crippen LogP contribution in [0.25, 0.3) is 0 Å². The summed E-state index contributed by atoms with van der Waals surface area (Å²) >= 11 is 0. The molecular formula is C21H39N5O2. The predicted molar refractivity (Wildman–Crippen MR) is 114 cm³/mol. The molecule has 7 nitrogen and oxygen atoms in total. The van der Waals surface area contributed by atoms with Crippen LogP contribution in [0.2, 0.25) is 0 Å². The van der Waals surface area contributed by atoms with Crippen LogP contribution < -0.4 is 10.6 Å². The number of ether oxygens (including phenoxy) is 1. The van der Waals surface area contributed by atoms with Gasteiger partial charge in [-0.3, -0.25) is 9.89 Å². The Morgan fingerprint density at radius 3 is 2.46 bits per heavy atom. The monoisotopic (exact) mass is 393 g/mol. The van der Waals surface area contributed by atoms with Gasteiger partial charge in [0.15, 0.2) is 5.96 Å². The molecule has 0 bridgehead atoms. The molecule has 1 aliphatic rings. The molecule has 1 atom stereocenters. The van der Waals surface area contributed by atoms with Gasteiger partial charge in [0, 0.05) is 27.2 Å². The number of hydrogen-bond donors (Lipinski definition) is 2. The maximum atomic E-state index is 5.72. The molecule has 160 valence electrons. The van der Waals surface area contributed by atoms with E-state index in [1.54, 1.807) is 7.11 Å². The van der Waals surface area contributed by atoms with E-state index >= 15 is 0 Å². The quantitative estimate of drug-likeness (QED) is 0.548. The summed E-state index contributed by atoms with van der Waals surface area (Å²) in [7, 11) is 3.58. The largest absolute Gasteiger partial charge is 0.444 e. The molecule has 28 heavy (non-hydrogen) atoms. The van der Waals surface area contributed by atoms with Gasteiger partial charge in [-0.2, -0.15) is 0 Å². The van der Waals surface area contributed by atoms with Crippen molar-refractivity contribution in [3.63, 3.8) is 0 Å². The van der Waals surface area contributed by atoms with Crippen LogP contribution in [0.1, 0.15) is 51.0 Å². The van der Waals surface area contributed by atoms with Crippen molar-refractivity contribution >= 4 is 5.96 Å². The van der Waals surface area contributed by atoms with Gasteiger partial charge in [0.1, 0.15) is 5.76 Å². The average molecular weight is 394 g/mol. The number of hydrogen-bond acceptors (Lipinski definition) is 5. The molecule has 1 aromatic heterocycles. The minimum atomic E-state index is 0.0906. The topological polar surface area (TPSA) is 74.9 Å². The van der Waals surface area contributed by atoms with Gasteiger partial charge in [-0.15, -0.1) is 0 Å². The van der Waals surface area contributed by atoms with Gasteiger partial charge in [0.05, 0.1) is 18.3 Å². The molecule has 1 aromatic rings. The summed E-state index contributed by atoms with van der Waals surface area (Å²) in [6.07, 6.45) is 2.48. The first-order valence-electron chi connectivity index (χ1n) is 10.4. The molecule has 1 fully saturated rings. The second-order valence-corrected chi connectivity index (χ2v) is 8.89. The number of rotatable bonds is 7. The summed E-state index contributed by atoms with van der Waals surface area (Å²) in [6, 6.07) is 0. The van der Waals surface area contributed by atoms with E-state index in [0.29, 0.717) is 5.92 Å². The number of piperidine rings is 1. The second kappa shape index (κ2) is 10.3. The van der Waals surface area contributed by atoms with Crippen LogP contribution in [0.15, 0.2) is 9.41 Å². The van der Waals surface area contributed by atoms with Crippen molar-refractivity contribution in [2.75, 3.05) is 40.3 Å². The number of methoxy groups -OCH3 is 1. The van der Waals surface area contributed by atoms with E-state index in [2.05, 4.69) is 46.3 Å². The zero-order valence-electron chi connectivity index (χ0n) is 18.8. The van der Waals surface area contributed by atoms with E-state index in [1.165, 1.54) is 12.8 Å². The van der Waals surface area contributed by atoms with Gasteiger partial charge in [-0.25, -0.2) is 4.98 Å². The number of aryl methyl sites for hydroxylation is 2. The maximum Gasteiger partial charge on any atom is 0.208 e. The molecular weight excluding hydrogens is 354 g/mol. The number of guanidine groups is 1. The molecule has 0 aromatic carbocycles. The Morgan fingerprint density at radius 2 is 1.96 bits per heavy atom. The molecule has 2 N–H and O–H groups in total. The number of nitrogens with one attached hydrogen (secondary N) is 2. The molecule has 0 amide bonds. The van der Waals surface area contributed by atoms with Crippen molar-refractivity contribution in [2.45, 2.75) is 60.1 Å². The van der Waals surface area contributed by atoms with Crippen molar-refractivity contribution in [1.82, 2.24) is 20.5 Å². The molecule has 7 heteroatoms. The highest BCUT2D eigenvalue weighted by molar-refractivity contribution is 5.79. The number of aliphatic imine (C=N–C) groups is 1. The van der Waals surface area contributed by atoms with Gasteiger partial charge in [-0.05, 0) is 51.1 Å². The second-order valence-electron chi connectivity index (χ2n) is 8.89. The van der Waals surface area contributed by atoms with E-state index in [-0.39, 0.29) is 11.5 Å². The summed E-state index contributed by atoms with van der Waals surface area (Å²) in [4.78, 5) is 11.3. The Morgan fingerprint density at radius 1 is 1.29 bits per heavy atom. The molecule has 0 saturated carbocycles. The summed E-state index contributed by atoms with van der Waals surface area (Å²) in [5.74, 6) is 3.26. The van der Waals surface area contributed by atoms with E-state index in [9.17, 15) is 0 Å². The van der Waals surface area contributed by atoms with Gasteiger partial charge >= 0.3 is 0 Å². The summed E-state index contributed by atoms with van der Waals surface area (Å²) in [5.41, 5.74) is 1.09. The van der Waals surface area contributed by atoms with Gasteiger partial charge in [0.2, 0.25) is 5.89 Å². The van der Waals surface area contributed by atoms with Crippen LogP contribution in [0.4, 0.5) is 0 Å². The highest BCUT2D eigenvalue weighted by atomic mass is 16.5. The lowest BCUT2D eigenvalue weighted by molar-refractivity contribution is 0.0205. The Kier molecular flexibility index (Phi) is 8.31. The van der Waals surface area contributed by atoms with Crippen LogP contribution in [0, 0.1) is 25.2 Å². The fourth-order valence-corrected chi connectivity index (χ4v) is 3.54. The van der Waals surface area contributed by atoms with E-state index in [0.717, 1.165) is 56.0 Å². The lowest BCUT2D eigenvalue weighted by Crippen LogP contribution is -2.47. The number of oxazole rings is 1. The van der Waals surface area contributed by atoms with Crippen molar-refractivity contribution < 1.29 is 9.15 Å². The fraction of sp³-hybridized carbons (Fsp3) is 0.810. The van der Waals surface area contributed by atoms with Crippen molar-refractivity contribution in [3.8, 4) is 0 Å². The van der Waals surface area contributed by atoms with Crippen LogP contribution in [0.3, 0.4) is 0 Å². The number of likely N-dealkylation sites (tertiary alicyclic amines) is 1. The maximum absolute atomic E-state index is 5.72. The normalized spacial score (nSPS) is 18.3. The average Bonchev–Trinajstić information content (AvgIpc) is 2.95. The minimum absolute atomic E-state index is 0.0906. The lowest BCUT2D eigenvalue weighted by atomic mass is 9.89. The molecule has 0 spiro atoms. The van der Waals surface area contributed by atoms with Crippen LogP contribution in [-0.2, 0) is 11.3 Å². The number of aromatic nitrogens is 1. The van der Waals surface area contributed by atoms with Crippen LogP contribution in [-0.4, -0.2) is 62.3 Å². The molecule has 0 aliphatic carbocycles. The molecule has 2 heterocycles. The van der Waals surface area contributed by atoms with E-state index in [1.807, 2.05) is 20.9 Å². The molecule has 0 radical (unpaired) electrons. The third-order valence-corrected chi connectivity index (χ3v) is 5.63. The summed E-state index contributed by atoms with van der Waals surface area (Å²) in [5, 5.41) is 6.88. The zero-order valence-corrected chi connectivity index (χ0v) is 18.8. The Hall–Kier alpha value is -1.60. The Labute approximate surface area is 170 Å². The number of nitrogens with zero attached hydrogens (tertiary/aromatic N) is 3. The minimum Gasteiger partial charge on any atom is -0.444 e. The SMILES string of the molecule is CN=C(NCC1CCN(Cc2nc(C)c(C)o2)CC1)NCC(OC)C(C)(C)C. The third-order valence-electron chi connectivity index (χ3n) is 5.63. The van der Waals surface area contributed by atoms with Crippen molar-refractivity contribution in [3.05, 3.63) is 17.3 Å². The Balaban J connectivity index is 1.70. The van der Waals surface area contributed by atoms with Gasteiger partial charge in [0.25, 0.3) is 0 Å². The van der Waals surface area contributed by atoms with Crippen LogP contribution in [0.5, 0.6) is 0 Å². The molecule has 1 saturated heterocycles. The Bertz CT molecular complexity index is 608. The van der Waals surface area contributed by atoms with Crippen molar-refractivity contribution in [1.29, 1.82) is 0 Å². The van der Waals surface area contributed by atoms with Crippen molar-refractivity contribution in [2.24, 2.45) is 16.3 Å². The standard InChI is InChI=1S/C21H39N5O2/c1-15-16(2)28-19(25-15)14-26-10-8-17(9-11-26)12-23-20(22-6)24-13-18(27-7)21(3,4)5/h17-18H,8-14H2,1-7H3,(H2,22,23,24). The fourth-order valence-electron chi connectivity index (χ4n) is 3.54. The first-order chi connectivity index (χ1) is 13.2. The first kappa shape index (κ1) is 22.7.